The maximum atomic E-state index is 2.44. The fraction of sp³-hybridized carbons (Fsp3) is 0. The molecule has 3 heteroatoms. The number of thiophene rings is 2. The van der Waals surface area contributed by atoms with Crippen molar-refractivity contribution in [3.05, 3.63) is 176 Å². The Morgan fingerprint density at radius 2 is 0.898 bits per heavy atom. The molecule has 49 heavy (non-hydrogen) atoms. The number of benzene rings is 8. The number of rotatable bonds is 5. The molecule has 0 aliphatic heterocycles. The quantitative estimate of drug-likeness (QED) is 0.178. The largest absolute Gasteiger partial charge is 0.309 e. The molecule has 0 saturated carbocycles. The fourth-order valence-corrected chi connectivity index (χ4v) is 9.56. The molecular formula is C46H29NS2. The first-order chi connectivity index (χ1) is 24.3. The van der Waals surface area contributed by atoms with E-state index in [9.17, 15) is 0 Å². The third-order valence-corrected chi connectivity index (χ3v) is 12.0. The van der Waals surface area contributed by atoms with E-state index in [0.717, 1.165) is 17.1 Å². The van der Waals surface area contributed by atoms with Crippen LogP contribution < -0.4 is 4.90 Å². The van der Waals surface area contributed by atoms with Crippen LogP contribution in [0.2, 0.25) is 0 Å². The molecule has 0 N–H and O–H groups in total. The molecule has 10 rings (SSSR count). The highest BCUT2D eigenvalue weighted by Crippen LogP contribution is 2.45. The van der Waals surface area contributed by atoms with Crippen LogP contribution in [0.1, 0.15) is 0 Å². The van der Waals surface area contributed by atoms with Gasteiger partial charge >= 0.3 is 0 Å². The van der Waals surface area contributed by atoms with Gasteiger partial charge < -0.3 is 4.90 Å². The lowest BCUT2D eigenvalue weighted by Crippen LogP contribution is -2.11. The summed E-state index contributed by atoms with van der Waals surface area (Å²) in [6, 6.07) is 64.5. The van der Waals surface area contributed by atoms with Crippen LogP contribution in [-0.4, -0.2) is 0 Å². The van der Waals surface area contributed by atoms with E-state index in [1.165, 1.54) is 73.4 Å². The van der Waals surface area contributed by atoms with E-state index in [2.05, 4.69) is 181 Å². The molecule has 0 aliphatic carbocycles. The topological polar surface area (TPSA) is 3.24 Å². The summed E-state index contributed by atoms with van der Waals surface area (Å²) in [5, 5.41) is 7.74. The van der Waals surface area contributed by atoms with Gasteiger partial charge in [-0.2, -0.15) is 0 Å². The second-order valence-electron chi connectivity index (χ2n) is 12.5. The summed E-state index contributed by atoms with van der Waals surface area (Å²) in [4.78, 5) is 2.44. The van der Waals surface area contributed by atoms with Crippen LogP contribution >= 0.6 is 22.7 Å². The fourth-order valence-electron chi connectivity index (χ4n) is 7.33. The van der Waals surface area contributed by atoms with Crippen LogP contribution in [0.25, 0.3) is 73.4 Å². The summed E-state index contributed by atoms with van der Waals surface area (Å²) in [6.45, 7) is 0. The molecule has 2 heterocycles. The van der Waals surface area contributed by atoms with E-state index in [0.29, 0.717) is 0 Å². The smallest absolute Gasteiger partial charge is 0.0540 e. The Labute approximate surface area is 292 Å². The van der Waals surface area contributed by atoms with Crippen molar-refractivity contribution in [2.24, 2.45) is 0 Å². The minimum absolute atomic E-state index is 1.12. The van der Waals surface area contributed by atoms with Crippen molar-refractivity contribution in [3.63, 3.8) is 0 Å². The third kappa shape index (κ3) is 4.74. The molecule has 0 aliphatic rings. The summed E-state index contributed by atoms with van der Waals surface area (Å²) in [7, 11) is 0. The molecule has 8 aromatic carbocycles. The Hall–Kier alpha value is -5.74. The molecule has 10 aromatic rings. The Morgan fingerprint density at radius 3 is 1.73 bits per heavy atom. The normalized spacial score (nSPS) is 11.7. The van der Waals surface area contributed by atoms with Crippen molar-refractivity contribution in [1.82, 2.24) is 0 Å². The highest BCUT2D eigenvalue weighted by Gasteiger charge is 2.20. The second kappa shape index (κ2) is 11.5. The van der Waals surface area contributed by atoms with Gasteiger partial charge in [-0.3, -0.25) is 0 Å². The van der Waals surface area contributed by atoms with Crippen molar-refractivity contribution >= 4 is 90.9 Å². The van der Waals surface area contributed by atoms with Crippen molar-refractivity contribution in [3.8, 4) is 22.3 Å². The summed E-state index contributed by atoms with van der Waals surface area (Å²) < 4.78 is 5.30. The lowest BCUT2D eigenvalue weighted by atomic mass is 9.98. The predicted molar refractivity (Wildman–Crippen MR) is 215 cm³/mol. The number of hydrogen-bond donors (Lipinski definition) is 0. The second-order valence-corrected chi connectivity index (χ2v) is 14.7. The van der Waals surface area contributed by atoms with Crippen molar-refractivity contribution in [2.75, 3.05) is 4.90 Å². The molecule has 0 atom stereocenters. The van der Waals surface area contributed by atoms with Crippen LogP contribution in [0.3, 0.4) is 0 Å². The maximum absolute atomic E-state index is 2.44. The number of fused-ring (bicyclic) bond motifs is 7. The van der Waals surface area contributed by atoms with Crippen LogP contribution in [0, 0.1) is 0 Å². The van der Waals surface area contributed by atoms with Crippen LogP contribution in [0.4, 0.5) is 17.1 Å². The Balaban J connectivity index is 1.13. The third-order valence-electron chi connectivity index (χ3n) is 9.68. The Bertz CT molecular complexity index is 2830. The first-order valence-corrected chi connectivity index (χ1v) is 18.2. The summed E-state index contributed by atoms with van der Waals surface area (Å²) in [6.07, 6.45) is 0. The van der Waals surface area contributed by atoms with E-state index >= 15 is 0 Å². The number of para-hydroxylation sites is 1. The van der Waals surface area contributed by atoms with Gasteiger partial charge in [0.25, 0.3) is 0 Å². The monoisotopic (exact) mass is 659 g/mol. The van der Waals surface area contributed by atoms with Gasteiger partial charge in [-0.25, -0.2) is 0 Å². The van der Waals surface area contributed by atoms with E-state index in [1.807, 2.05) is 22.7 Å². The van der Waals surface area contributed by atoms with Gasteiger partial charge in [0.2, 0.25) is 0 Å². The van der Waals surface area contributed by atoms with Gasteiger partial charge in [0.05, 0.1) is 11.4 Å². The van der Waals surface area contributed by atoms with E-state index in [1.54, 1.807) is 0 Å². The molecule has 0 radical (unpaired) electrons. The molecule has 0 bridgehead atoms. The summed E-state index contributed by atoms with van der Waals surface area (Å²) in [5.74, 6) is 0. The van der Waals surface area contributed by atoms with Gasteiger partial charge in [0.15, 0.2) is 0 Å². The van der Waals surface area contributed by atoms with Crippen molar-refractivity contribution in [2.45, 2.75) is 0 Å². The molecule has 0 spiro atoms. The van der Waals surface area contributed by atoms with E-state index < -0.39 is 0 Å². The first-order valence-electron chi connectivity index (χ1n) is 16.6. The molecule has 0 fully saturated rings. The zero-order chi connectivity index (χ0) is 32.3. The molecule has 0 unspecified atom stereocenters. The van der Waals surface area contributed by atoms with Gasteiger partial charge in [-0.15, -0.1) is 22.7 Å². The average Bonchev–Trinajstić information content (AvgIpc) is 3.73. The minimum atomic E-state index is 1.12. The molecule has 230 valence electrons. The molecule has 0 amide bonds. The molecule has 0 saturated heterocycles. The molecular weight excluding hydrogens is 631 g/mol. The lowest BCUT2D eigenvalue weighted by Gasteiger charge is -2.29. The lowest BCUT2D eigenvalue weighted by molar-refractivity contribution is 1.30. The van der Waals surface area contributed by atoms with E-state index in [4.69, 9.17) is 0 Å². The molecule has 1 nitrogen and oxygen atoms in total. The van der Waals surface area contributed by atoms with Gasteiger partial charge in [-0.1, -0.05) is 121 Å². The van der Waals surface area contributed by atoms with Gasteiger partial charge in [-0.05, 0) is 76.7 Å². The van der Waals surface area contributed by atoms with E-state index in [-0.39, 0.29) is 0 Å². The maximum Gasteiger partial charge on any atom is 0.0540 e. The number of anilines is 3. The predicted octanol–water partition coefficient (Wildman–Crippen LogP) is 14.4. The zero-order valence-electron chi connectivity index (χ0n) is 26.5. The van der Waals surface area contributed by atoms with Gasteiger partial charge in [0.1, 0.15) is 0 Å². The molecule has 2 aromatic heterocycles. The average molecular weight is 660 g/mol. The van der Waals surface area contributed by atoms with Crippen LogP contribution in [-0.2, 0) is 0 Å². The first kappa shape index (κ1) is 28.3. The minimum Gasteiger partial charge on any atom is -0.309 e. The number of hydrogen-bond acceptors (Lipinski definition) is 3. The zero-order valence-corrected chi connectivity index (χ0v) is 28.1. The van der Waals surface area contributed by atoms with Crippen molar-refractivity contribution < 1.29 is 0 Å². The summed E-state index contributed by atoms with van der Waals surface area (Å²) >= 11 is 3.73. The van der Waals surface area contributed by atoms with Crippen LogP contribution in [0.5, 0.6) is 0 Å². The SMILES string of the molecule is c1ccc(N(c2ccc(-c3ccc4sc5ccccc5c4c3)cc2)c2cccc3ccccc23)c(-c2ccc3c(c2)sc2ccccc23)c1. The van der Waals surface area contributed by atoms with Crippen LogP contribution in [0.15, 0.2) is 176 Å². The highest BCUT2D eigenvalue weighted by molar-refractivity contribution is 7.26. The Morgan fingerprint density at radius 1 is 0.327 bits per heavy atom. The number of nitrogens with zero attached hydrogens (tertiary/aromatic N) is 1. The standard InChI is InChI=1S/C46H29NS2/c1-2-12-35-31(10-1)11-9-17-42(35)47(34-24-20-30(21-25-34)32-23-27-45-40(28-32)38-15-5-8-19-44(38)48-45)41-16-6-3-13-36(41)33-22-26-39-37-14-4-7-18-43(37)49-46(39)29-33/h1-29H. The van der Waals surface area contributed by atoms with Crippen molar-refractivity contribution in [1.29, 1.82) is 0 Å². The Kier molecular flexibility index (Phi) is 6.61. The summed E-state index contributed by atoms with van der Waals surface area (Å²) in [5.41, 5.74) is 8.29. The highest BCUT2D eigenvalue weighted by atomic mass is 32.1. The van der Waals surface area contributed by atoms with Gasteiger partial charge in [0, 0.05) is 57.0 Å².